The van der Waals surface area contributed by atoms with Gasteiger partial charge in [0.25, 0.3) is 11.8 Å². The molecule has 162 valence electrons. The lowest BCUT2D eigenvalue weighted by Crippen LogP contribution is -2.31. The van der Waals surface area contributed by atoms with Gasteiger partial charge in [0.1, 0.15) is 0 Å². The van der Waals surface area contributed by atoms with E-state index in [1.54, 1.807) is 30.1 Å². The molecule has 3 aromatic carbocycles. The van der Waals surface area contributed by atoms with Gasteiger partial charge in [-0.15, -0.1) is 0 Å². The molecule has 32 heavy (non-hydrogen) atoms. The van der Waals surface area contributed by atoms with E-state index in [1.807, 2.05) is 48.5 Å². The van der Waals surface area contributed by atoms with Gasteiger partial charge < -0.3 is 10.2 Å². The molecule has 2 amide bonds. The number of aryl methyl sites for hydroxylation is 1. The third-order valence-corrected chi connectivity index (χ3v) is 6.70. The Kier molecular flexibility index (Phi) is 6.98. The van der Waals surface area contributed by atoms with Crippen LogP contribution in [-0.4, -0.2) is 25.4 Å². The van der Waals surface area contributed by atoms with Crippen LogP contribution in [-0.2, 0) is 11.2 Å². The second kappa shape index (κ2) is 10.1. The fourth-order valence-electron chi connectivity index (χ4n) is 3.51. The summed E-state index contributed by atoms with van der Waals surface area (Å²) < 4.78 is 0. The van der Waals surface area contributed by atoms with Crippen LogP contribution in [0.3, 0.4) is 0 Å². The van der Waals surface area contributed by atoms with Crippen molar-refractivity contribution in [2.24, 2.45) is 0 Å². The lowest BCUT2D eigenvalue weighted by molar-refractivity contribution is -0.114. The Hall–Kier alpha value is -3.02. The molecule has 4 nitrogen and oxygen atoms in total. The number of benzene rings is 3. The summed E-state index contributed by atoms with van der Waals surface area (Å²) in [7, 11) is 1.73. The van der Waals surface area contributed by atoms with Gasteiger partial charge in [0.15, 0.2) is 0 Å². The van der Waals surface area contributed by atoms with Crippen molar-refractivity contribution in [3.8, 4) is 0 Å². The molecule has 1 N–H and O–H groups in total. The maximum absolute atomic E-state index is 12.9. The summed E-state index contributed by atoms with van der Waals surface area (Å²) in [6.45, 7) is 0.596. The number of thioether (sulfide) groups is 1. The Balaban J connectivity index is 1.44. The molecule has 0 spiro atoms. The van der Waals surface area contributed by atoms with E-state index in [4.69, 9.17) is 11.6 Å². The van der Waals surface area contributed by atoms with Crippen molar-refractivity contribution in [2.45, 2.75) is 17.7 Å². The van der Waals surface area contributed by atoms with Crippen LogP contribution in [0.1, 0.15) is 27.9 Å². The minimum Gasteiger partial charge on any atom is -0.352 e. The topological polar surface area (TPSA) is 49.4 Å². The van der Waals surface area contributed by atoms with Gasteiger partial charge in [-0.3, -0.25) is 9.59 Å². The highest BCUT2D eigenvalue weighted by atomic mass is 35.5. The molecule has 0 fully saturated rings. The number of nitrogens with zero attached hydrogens (tertiary/aromatic N) is 1. The Morgan fingerprint density at radius 3 is 2.59 bits per heavy atom. The van der Waals surface area contributed by atoms with E-state index < -0.39 is 0 Å². The molecule has 3 aromatic rings. The Labute approximate surface area is 197 Å². The lowest BCUT2D eigenvalue weighted by Gasteiger charge is -2.27. The summed E-state index contributed by atoms with van der Waals surface area (Å²) in [5.74, 6) is -0.257. The smallest absolute Gasteiger partial charge is 0.264 e. The summed E-state index contributed by atoms with van der Waals surface area (Å²) in [5.41, 5.74) is 3.33. The van der Waals surface area contributed by atoms with E-state index in [-0.39, 0.29) is 11.8 Å². The normalized spacial score (nSPS) is 14.4. The van der Waals surface area contributed by atoms with Crippen molar-refractivity contribution in [3.63, 3.8) is 0 Å². The molecule has 0 aliphatic carbocycles. The minimum absolute atomic E-state index is 0.122. The fourth-order valence-corrected chi connectivity index (χ4v) is 4.78. The zero-order chi connectivity index (χ0) is 22.5. The summed E-state index contributed by atoms with van der Waals surface area (Å²) >= 11 is 7.64. The van der Waals surface area contributed by atoms with Gasteiger partial charge in [-0.2, -0.15) is 0 Å². The molecule has 0 unspecified atom stereocenters. The van der Waals surface area contributed by atoms with E-state index in [0.717, 1.165) is 29.0 Å². The SMILES string of the molecule is CN1C(=O)C(=Cc2ccccc2Cl)Sc2ccc(C(=O)NCCCc3ccccc3)cc21. The van der Waals surface area contributed by atoms with E-state index >= 15 is 0 Å². The van der Waals surface area contributed by atoms with Gasteiger partial charge in [0.05, 0.1) is 10.6 Å². The molecule has 0 atom stereocenters. The van der Waals surface area contributed by atoms with Crippen molar-refractivity contribution in [2.75, 3.05) is 18.5 Å². The number of amides is 2. The van der Waals surface area contributed by atoms with Crippen molar-refractivity contribution >= 4 is 46.9 Å². The fraction of sp³-hybridized carbons (Fsp3) is 0.154. The average Bonchev–Trinajstić information content (AvgIpc) is 2.82. The summed E-state index contributed by atoms with van der Waals surface area (Å²) in [6.07, 6.45) is 3.59. The molecule has 0 saturated heterocycles. The van der Waals surface area contributed by atoms with Crippen LogP contribution in [0.4, 0.5) is 5.69 Å². The number of hydrogen-bond donors (Lipinski definition) is 1. The highest BCUT2D eigenvalue weighted by Crippen LogP contribution is 2.42. The maximum atomic E-state index is 12.9. The molecule has 1 heterocycles. The summed E-state index contributed by atoms with van der Waals surface area (Å²) in [6, 6.07) is 23.1. The number of carbonyl (C=O) groups excluding carboxylic acids is 2. The quantitative estimate of drug-likeness (QED) is 0.371. The Bertz CT molecular complexity index is 1180. The van der Waals surface area contributed by atoms with Gasteiger partial charge in [-0.1, -0.05) is 71.9 Å². The third-order valence-electron chi connectivity index (χ3n) is 5.28. The van der Waals surface area contributed by atoms with E-state index in [9.17, 15) is 9.59 Å². The second-order valence-electron chi connectivity index (χ2n) is 7.52. The average molecular weight is 463 g/mol. The van der Waals surface area contributed by atoms with Crippen LogP contribution in [0.15, 0.2) is 82.6 Å². The van der Waals surface area contributed by atoms with Crippen molar-refractivity contribution in [3.05, 3.63) is 99.4 Å². The number of halogens is 1. The largest absolute Gasteiger partial charge is 0.352 e. The molecule has 0 aromatic heterocycles. The van der Waals surface area contributed by atoms with Crippen LogP contribution >= 0.6 is 23.4 Å². The standard InChI is InChI=1S/C26H23ClN2O2S/c1-29-22-16-20(25(30)28-15-7-10-18-8-3-2-4-9-18)13-14-23(22)32-24(26(29)31)17-19-11-5-6-12-21(19)27/h2-6,8-9,11-14,16-17H,7,10,15H2,1H3,(H,28,30). The number of likely N-dealkylation sites (N-methyl/N-ethyl adjacent to an activating group) is 1. The van der Waals surface area contributed by atoms with Gasteiger partial charge >= 0.3 is 0 Å². The highest BCUT2D eigenvalue weighted by molar-refractivity contribution is 8.04. The molecular formula is C26H23ClN2O2S. The van der Waals surface area contributed by atoms with Crippen LogP contribution in [0.25, 0.3) is 6.08 Å². The van der Waals surface area contributed by atoms with E-state index in [0.29, 0.717) is 22.0 Å². The first-order valence-electron chi connectivity index (χ1n) is 10.4. The molecule has 6 heteroatoms. The van der Waals surface area contributed by atoms with Gasteiger partial charge in [-0.25, -0.2) is 0 Å². The number of anilines is 1. The summed E-state index contributed by atoms with van der Waals surface area (Å²) in [4.78, 5) is 28.6. The first-order chi connectivity index (χ1) is 15.5. The van der Waals surface area contributed by atoms with Crippen molar-refractivity contribution < 1.29 is 9.59 Å². The Morgan fingerprint density at radius 2 is 1.81 bits per heavy atom. The van der Waals surface area contributed by atoms with E-state index in [1.165, 1.54) is 17.3 Å². The van der Waals surface area contributed by atoms with Gasteiger partial charge in [0.2, 0.25) is 0 Å². The molecule has 0 bridgehead atoms. The predicted molar refractivity (Wildman–Crippen MR) is 132 cm³/mol. The minimum atomic E-state index is -0.135. The Morgan fingerprint density at radius 1 is 1.06 bits per heavy atom. The first-order valence-corrected chi connectivity index (χ1v) is 11.6. The lowest BCUT2D eigenvalue weighted by atomic mass is 10.1. The van der Waals surface area contributed by atoms with E-state index in [2.05, 4.69) is 17.4 Å². The van der Waals surface area contributed by atoms with Gasteiger partial charge in [0, 0.05) is 29.1 Å². The number of fused-ring (bicyclic) bond motifs is 1. The second-order valence-corrected chi connectivity index (χ2v) is 9.01. The number of rotatable bonds is 6. The zero-order valence-corrected chi connectivity index (χ0v) is 19.2. The molecule has 1 aliphatic heterocycles. The number of hydrogen-bond acceptors (Lipinski definition) is 3. The molecule has 0 radical (unpaired) electrons. The van der Waals surface area contributed by atoms with Crippen molar-refractivity contribution in [1.82, 2.24) is 5.32 Å². The molecule has 4 rings (SSSR count). The molecule has 0 saturated carbocycles. The predicted octanol–water partition coefficient (Wildman–Crippen LogP) is 5.81. The van der Waals surface area contributed by atoms with Crippen LogP contribution < -0.4 is 10.2 Å². The molecule has 1 aliphatic rings. The third kappa shape index (κ3) is 5.06. The van der Waals surface area contributed by atoms with Crippen LogP contribution in [0.2, 0.25) is 5.02 Å². The molecular weight excluding hydrogens is 440 g/mol. The summed E-state index contributed by atoms with van der Waals surface area (Å²) in [5, 5.41) is 3.57. The maximum Gasteiger partial charge on any atom is 0.264 e. The number of nitrogens with one attached hydrogen (secondary N) is 1. The first kappa shape index (κ1) is 22.2. The van der Waals surface area contributed by atoms with Crippen molar-refractivity contribution in [1.29, 1.82) is 0 Å². The number of carbonyl (C=O) groups is 2. The monoisotopic (exact) mass is 462 g/mol. The van der Waals surface area contributed by atoms with Crippen LogP contribution in [0, 0.1) is 0 Å². The van der Waals surface area contributed by atoms with Gasteiger partial charge in [-0.05, 0) is 54.3 Å². The van der Waals surface area contributed by atoms with Crippen LogP contribution in [0.5, 0.6) is 0 Å². The highest BCUT2D eigenvalue weighted by Gasteiger charge is 2.27. The zero-order valence-electron chi connectivity index (χ0n) is 17.7.